The Morgan fingerprint density at radius 1 is 0.917 bits per heavy atom. The minimum atomic E-state index is 0.511. The lowest BCUT2D eigenvalue weighted by molar-refractivity contribution is 0.308. The topological polar surface area (TPSA) is 26.5 Å². The number of benzene rings is 2. The maximum atomic E-state index is 6.10. The van der Waals surface area contributed by atoms with Crippen molar-refractivity contribution in [3.63, 3.8) is 0 Å². The first-order valence-electron chi connectivity index (χ1n) is 8.02. The van der Waals surface area contributed by atoms with Gasteiger partial charge in [0.25, 0.3) is 0 Å². The lowest BCUT2D eigenvalue weighted by Gasteiger charge is -2.12. The molecule has 118 valence electrons. The van der Waals surface area contributed by atoms with Gasteiger partial charge in [-0.05, 0) is 35.7 Å². The molecule has 0 saturated heterocycles. The fraction of sp³-hybridized carbons (Fsp3) is 0.0952. The monoisotopic (exact) mass is 314 g/mol. The van der Waals surface area contributed by atoms with E-state index in [4.69, 9.17) is 4.74 Å². The zero-order valence-electron chi connectivity index (χ0n) is 13.5. The summed E-state index contributed by atoms with van der Waals surface area (Å²) in [6.07, 6.45) is 3.99. The predicted octanol–water partition coefficient (Wildman–Crippen LogP) is 4.89. The van der Waals surface area contributed by atoms with Gasteiger partial charge in [-0.1, -0.05) is 54.6 Å². The number of ether oxygens (including phenoxy) is 1. The Hall–Kier alpha value is -3.07. The molecule has 2 aromatic carbocycles. The third kappa shape index (κ3) is 2.76. The van der Waals surface area contributed by atoms with Crippen molar-refractivity contribution >= 4 is 5.65 Å². The van der Waals surface area contributed by atoms with E-state index in [1.54, 1.807) is 0 Å². The third-order valence-corrected chi connectivity index (χ3v) is 4.05. The van der Waals surface area contributed by atoms with Crippen LogP contribution >= 0.6 is 0 Å². The summed E-state index contributed by atoms with van der Waals surface area (Å²) in [6.45, 7) is 2.50. The summed E-state index contributed by atoms with van der Waals surface area (Å²) in [6, 6.07) is 22.7. The zero-order valence-corrected chi connectivity index (χ0v) is 13.5. The van der Waals surface area contributed by atoms with E-state index in [2.05, 4.69) is 47.4 Å². The number of aryl methyl sites for hydroxylation is 1. The van der Waals surface area contributed by atoms with Crippen molar-refractivity contribution in [1.29, 1.82) is 0 Å². The molecule has 0 fully saturated rings. The van der Waals surface area contributed by atoms with Gasteiger partial charge in [0.15, 0.2) is 11.4 Å². The standard InChI is InChI=1S/C21H18N2O/c1-16-14-23-13-7-12-20(21(23)22-16)24-15-18-10-5-6-11-19(18)17-8-3-2-4-9-17/h2-14H,15H2,1H3. The summed E-state index contributed by atoms with van der Waals surface area (Å²) in [7, 11) is 0. The van der Waals surface area contributed by atoms with Crippen LogP contribution in [0.4, 0.5) is 0 Å². The van der Waals surface area contributed by atoms with Gasteiger partial charge in [0, 0.05) is 12.4 Å². The number of imidazole rings is 1. The van der Waals surface area contributed by atoms with Crippen LogP contribution in [0.15, 0.2) is 79.1 Å². The van der Waals surface area contributed by atoms with Crippen LogP contribution in [0.3, 0.4) is 0 Å². The van der Waals surface area contributed by atoms with Crippen LogP contribution in [0, 0.1) is 6.92 Å². The Labute approximate surface area is 141 Å². The van der Waals surface area contributed by atoms with Crippen molar-refractivity contribution in [2.75, 3.05) is 0 Å². The van der Waals surface area contributed by atoms with Gasteiger partial charge in [-0.25, -0.2) is 4.98 Å². The summed E-state index contributed by atoms with van der Waals surface area (Å²) in [5.41, 5.74) is 5.40. The number of hydrogen-bond acceptors (Lipinski definition) is 2. The number of hydrogen-bond donors (Lipinski definition) is 0. The van der Waals surface area contributed by atoms with E-state index < -0.39 is 0 Å². The minimum Gasteiger partial charge on any atom is -0.485 e. The maximum Gasteiger partial charge on any atom is 0.179 e. The molecule has 0 bridgehead atoms. The van der Waals surface area contributed by atoms with Gasteiger partial charge in [-0.15, -0.1) is 0 Å². The molecule has 4 aromatic rings. The van der Waals surface area contributed by atoms with Gasteiger partial charge in [0.05, 0.1) is 5.69 Å². The van der Waals surface area contributed by atoms with Crippen LogP contribution in [-0.4, -0.2) is 9.38 Å². The average Bonchev–Trinajstić information content (AvgIpc) is 3.02. The van der Waals surface area contributed by atoms with Gasteiger partial charge in [-0.3, -0.25) is 0 Å². The predicted molar refractivity (Wildman–Crippen MR) is 96.1 cm³/mol. The van der Waals surface area contributed by atoms with Crippen molar-refractivity contribution < 1.29 is 4.74 Å². The Bertz CT molecular complexity index is 973. The molecule has 2 heterocycles. The van der Waals surface area contributed by atoms with Crippen molar-refractivity contribution in [3.05, 3.63) is 90.4 Å². The number of nitrogens with zero attached hydrogens (tertiary/aromatic N) is 2. The molecule has 0 aliphatic rings. The quantitative estimate of drug-likeness (QED) is 0.536. The van der Waals surface area contributed by atoms with Crippen molar-refractivity contribution in [1.82, 2.24) is 9.38 Å². The number of pyridine rings is 1. The Morgan fingerprint density at radius 3 is 2.58 bits per heavy atom. The van der Waals surface area contributed by atoms with Gasteiger partial charge in [0.1, 0.15) is 6.61 Å². The molecule has 0 radical (unpaired) electrons. The van der Waals surface area contributed by atoms with E-state index in [1.165, 1.54) is 11.1 Å². The van der Waals surface area contributed by atoms with Crippen LogP contribution in [0.1, 0.15) is 11.3 Å². The molecule has 0 atom stereocenters. The molecule has 24 heavy (non-hydrogen) atoms. The summed E-state index contributed by atoms with van der Waals surface area (Å²) in [5.74, 6) is 0.800. The lowest BCUT2D eigenvalue weighted by Crippen LogP contribution is -1.99. The zero-order chi connectivity index (χ0) is 16.4. The number of aromatic nitrogens is 2. The second-order valence-corrected chi connectivity index (χ2v) is 5.80. The highest BCUT2D eigenvalue weighted by atomic mass is 16.5. The van der Waals surface area contributed by atoms with Crippen molar-refractivity contribution in [2.24, 2.45) is 0 Å². The van der Waals surface area contributed by atoms with Gasteiger partial charge >= 0.3 is 0 Å². The van der Waals surface area contributed by atoms with Gasteiger partial charge in [-0.2, -0.15) is 0 Å². The minimum absolute atomic E-state index is 0.511. The molecular formula is C21H18N2O. The maximum absolute atomic E-state index is 6.10. The van der Waals surface area contributed by atoms with E-state index >= 15 is 0 Å². The first-order valence-corrected chi connectivity index (χ1v) is 8.02. The van der Waals surface area contributed by atoms with Gasteiger partial charge in [0.2, 0.25) is 0 Å². The molecule has 0 aliphatic heterocycles. The Balaban J connectivity index is 1.65. The van der Waals surface area contributed by atoms with E-state index in [0.29, 0.717) is 6.61 Å². The largest absolute Gasteiger partial charge is 0.485 e. The highest BCUT2D eigenvalue weighted by molar-refractivity contribution is 5.67. The molecule has 0 spiro atoms. The number of rotatable bonds is 4. The summed E-state index contributed by atoms with van der Waals surface area (Å²) in [5, 5.41) is 0. The van der Waals surface area contributed by atoms with Gasteiger partial charge < -0.3 is 9.14 Å². The summed E-state index contributed by atoms with van der Waals surface area (Å²) in [4.78, 5) is 4.54. The van der Waals surface area contributed by atoms with E-state index in [9.17, 15) is 0 Å². The third-order valence-electron chi connectivity index (χ3n) is 4.05. The smallest absolute Gasteiger partial charge is 0.179 e. The summed E-state index contributed by atoms with van der Waals surface area (Å²) < 4.78 is 8.09. The first kappa shape index (κ1) is 14.5. The van der Waals surface area contributed by atoms with E-state index in [0.717, 1.165) is 22.7 Å². The molecule has 0 N–H and O–H groups in total. The van der Waals surface area contributed by atoms with E-state index in [-0.39, 0.29) is 0 Å². The fourth-order valence-corrected chi connectivity index (χ4v) is 2.92. The molecule has 0 aliphatic carbocycles. The molecular weight excluding hydrogens is 296 g/mol. The Kier molecular flexibility index (Phi) is 3.75. The normalized spacial score (nSPS) is 10.9. The highest BCUT2D eigenvalue weighted by Gasteiger charge is 2.08. The fourth-order valence-electron chi connectivity index (χ4n) is 2.92. The average molecular weight is 314 g/mol. The van der Waals surface area contributed by atoms with Crippen LogP contribution in [0.25, 0.3) is 16.8 Å². The Morgan fingerprint density at radius 2 is 1.71 bits per heavy atom. The summed E-state index contributed by atoms with van der Waals surface area (Å²) >= 11 is 0. The van der Waals surface area contributed by atoms with Crippen LogP contribution in [0.2, 0.25) is 0 Å². The second-order valence-electron chi connectivity index (χ2n) is 5.80. The van der Waals surface area contributed by atoms with Crippen LogP contribution in [-0.2, 0) is 6.61 Å². The van der Waals surface area contributed by atoms with E-state index in [1.807, 2.05) is 48.0 Å². The second kappa shape index (κ2) is 6.20. The van der Waals surface area contributed by atoms with Crippen LogP contribution < -0.4 is 4.74 Å². The molecule has 3 heteroatoms. The highest BCUT2D eigenvalue weighted by Crippen LogP contribution is 2.26. The molecule has 2 aromatic heterocycles. The molecule has 4 rings (SSSR count). The lowest BCUT2D eigenvalue weighted by atomic mass is 10.0. The molecule has 3 nitrogen and oxygen atoms in total. The molecule has 0 unspecified atom stereocenters. The first-order chi connectivity index (χ1) is 11.8. The molecule has 0 saturated carbocycles. The SMILES string of the molecule is Cc1cn2cccc(OCc3ccccc3-c3ccccc3)c2n1. The number of fused-ring (bicyclic) bond motifs is 1. The van der Waals surface area contributed by atoms with Crippen LogP contribution in [0.5, 0.6) is 5.75 Å². The van der Waals surface area contributed by atoms with Crippen molar-refractivity contribution in [2.45, 2.75) is 13.5 Å². The van der Waals surface area contributed by atoms with Crippen molar-refractivity contribution in [3.8, 4) is 16.9 Å². The molecule has 0 amide bonds.